The van der Waals surface area contributed by atoms with Gasteiger partial charge in [0.05, 0.1) is 21.3 Å². The van der Waals surface area contributed by atoms with Gasteiger partial charge in [0.2, 0.25) is 0 Å². The number of nitrogens with zero attached hydrogens (tertiary/aromatic N) is 3. The summed E-state index contributed by atoms with van der Waals surface area (Å²) >= 11 is 0. The van der Waals surface area contributed by atoms with E-state index >= 15 is 0 Å². The molecule has 4 aromatic carbocycles. The molecule has 240 valence electrons. The van der Waals surface area contributed by atoms with Crippen LogP contribution in [0.2, 0.25) is 0 Å². The molecule has 1 aliphatic heterocycles. The summed E-state index contributed by atoms with van der Waals surface area (Å²) in [6.45, 7) is 5.07. The van der Waals surface area contributed by atoms with Gasteiger partial charge >= 0.3 is 0 Å². The van der Waals surface area contributed by atoms with E-state index in [1.807, 2.05) is 66.9 Å². The van der Waals surface area contributed by atoms with Crippen molar-refractivity contribution >= 4 is 33.4 Å². The Hall–Kier alpha value is -5.60. The van der Waals surface area contributed by atoms with Gasteiger partial charge in [-0.3, -0.25) is 4.98 Å². The highest BCUT2D eigenvalue weighted by Crippen LogP contribution is 2.31. The number of ether oxygens (including phenoxy) is 3. The Bertz CT molecular complexity index is 1990. The number of hydrogen-bond acceptors (Lipinski definition) is 8. The fourth-order valence-corrected chi connectivity index (χ4v) is 5.56. The van der Waals surface area contributed by atoms with E-state index in [4.69, 9.17) is 25.7 Å². The predicted molar refractivity (Wildman–Crippen MR) is 191 cm³/mol. The minimum atomic E-state index is -0.133. The standard InChI is InChI=1S/C19H22N2O.C10H10N2O.C10H9NO/c1-13-8-14(2)10-15(9-13)12-21-7-6-16-11-17(22-3)4-5-18(16)19(21)20;1-13-8-2-3-9-7(6-8)4-5-12-10(9)11;1-12-10-3-2-9-7-11-5-4-8(9)6-10/h4-11,19H,12,20H2,1-3H3;2-6H,1H3,(H2,11,12);2-7H,1H3. The van der Waals surface area contributed by atoms with Crippen LogP contribution in [0.15, 0.2) is 110 Å². The van der Waals surface area contributed by atoms with E-state index in [0.717, 1.165) is 56.5 Å². The Morgan fingerprint density at radius 2 is 1.34 bits per heavy atom. The number of pyridine rings is 2. The fourth-order valence-electron chi connectivity index (χ4n) is 5.56. The molecule has 0 radical (unpaired) electrons. The molecule has 0 saturated heterocycles. The van der Waals surface area contributed by atoms with E-state index in [2.05, 4.69) is 65.3 Å². The van der Waals surface area contributed by atoms with Crippen LogP contribution in [0.3, 0.4) is 0 Å². The number of benzene rings is 4. The smallest absolute Gasteiger partial charge is 0.131 e. The molecule has 2 aromatic heterocycles. The fraction of sp³-hybridized carbons (Fsp3) is 0.179. The highest BCUT2D eigenvalue weighted by Gasteiger charge is 2.20. The third-order valence-corrected chi connectivity index (χ3v) is 7.91. The topological polar surface area (TPSA) is 109 Å². The average Bonchev–Trinajstić information content (AvgIpc) is 3.09. The normalized spacial score (nSPS) is 13.1. The van der Waals surface area contributed by atoms with E-state index in [1.54, 1.807) is 33.7 Å². The number of methoxy groups -OCH3 is 3. The third-order valence-electron chi connectivity index (χ3n) is 7.91. The Morgan fingerprint density at radius 3 is 2.06 bits per heavy atom. The van der Waals surface area contributed by atoms with Crippen molar-refractivity contribution in [1.29, 1.82) is 0 Å². The highest BCUT2D eigenvalue weighted by atomic mass is 16.5. The number of anilines is 1. The van der Waals surface area contributed by atoms with Gasteiger partial charge in [-0.15, -0.1) is 0 Å². The van der Waals surface area contributed by atoms with Crippen LogP contribution in [-0.2, 0) is 6.54 Å². The molecule has 3 heterocycles. The van der Waals surface area contributed by atoms with Crippen molar-refractivity contribution in [1.82, 2.24) is 14.9 Å². The van der Waals surface area contributed by atoms with Gasteiger partial charge in [-0.25, -0.2) is 4.98 Å². The zero-order chi connectivity index (χ0) is 33.3. The molecule has 0 saturated carbocycles. The van der Waals surface area contributed by atoms with Gasteiger partial charge in [-0.2, -0.15) is 0 Å². The van der Waals surface area contributed by atoms with Crippen LogP contribution in [0.1, 0.15) is 34.0 Å². The van der Waals surface area contributed by atoms with E-state index in [1.165, 1.54) is 16.7 Å². The molecular formula is C39H41N5O3. The lowest BCUT2D eigenvalue weighted by atomic mass is 10.00. The monoisotopic (exact) mass is 627 g/mol. The maximum absolute atomic E-state index is 6.44. The zero-order valence-corrected chi connectivity index (χ0v) is 27.5. The van der Waals surface area contributed by atoms with Crippen LogP contribution >= 0.6 is 0 Å². The first kappa shape index (κ1) is 32.8. The molecule has 8 nitrogen and oxygen atoms in total. The van der Waals surface area contributed by atoms with Crippen molar-refractivity contribution < 1.29 is 14.2 Å². The number of rotatable bonds is 5. The summed E-state index contributed by atoms with van der Waals surface area (Å²) < 4.78 is 15.5. The first-order valence-corrected chi connectivity index (χ1v) is 15.3. The quantitative estimate of drug-likeness (QED) is 0.199. The lowest BCUT2D eigenvalue weighted by Crippen LogP contribution is -2.32. The number of nitrogen functional groups attached to an aromatic ring is 1. The summed E-state index contributed by atoms with van der Waals surface area (Å²) in [4.78, 5) is 10.2. The molecule has 47 heavy (non-hydrogen) atoms. The molecule has 4 N–H and O–H groups in total. The van der Waals surface area contributed by atoms with E-state index in [0.29, 0.717) is 5.82 Å². The van der Waals surface area contributed by atoms with E-state index in [9.17, 15) is 0 Å². The lowest BCUT2D eigenvalue weighted by molar-refractivity contribution is 0.275. The summed E-state index contributed by atoms with van der Waals surface area (Å²) in [6, 6.07) is 28.2. The maximum Gasteiger partial charge on any atom is 0.131 e. The van der Waals surface area contributed by atoms with Gasteiger partial charge in [0.15, 0.2) is 0 Å². The molecule has 0 amide bonds. The molecule has 0 spiro atoms. The summed E-state index contributed by atoms with van der Waals surface area (Å²) in [6.07, 6.45) is 9.36. The first-order valence-electron chi connectivity index (χ1n) is 15.3. The Labute approximate surface area is 276 Å². The SMILES string of the molecule is COc1ccc2c(N)nccc2c1.COc1ccc2c(c1)C=CN(Cc1cc(C)cc(C)c1)C2N.COc1ccc2cnccc2c1. The third kappa shape index (κ3) is 8.17. The van der Waals surface area contributed by atoms with E-state index < -0.39 is 0 Å². The number of aryl methyl sites for hydroxylation is 2. The zero-order valence-electron chi connectivity index (χ0n) is 27.5. The Morgan fingerprint density at radius 1 is 0.702 bits per heavy atom. The summed E-state index contributed by atoms with van der Waals surface area (Å²) in [5.41, 5.74) is 18.3. The summed E-state index contributed by atoms with van der Waals surface area (Å²) in [5.74, 6) is 3.13. The first-order chi connectivity index (χ1) is 22.8. The number of nitrogens with two attached hydrogens (primary N) is 2. The van der Waals surface area contributed by atoms with Gasteiger partial charge in [0.1, 0.15) is 29.2 Å². The second-order valence-electron chi connectivity index (χ2n) is 11.3. The minimum absolute atomic E-state index is 0.133. The van der Waals surface area contributed by atoms with E-state index in [-0.39, 0.29) is 6.17 Å². The second-order valence-corrected chi connectivity index (χ2v) is 11.3. The van der Waals surface area contributed by atoms with Gasteiger partial charge < -0.3 is 30.6 Å². The van der Waals surface area contributed by atoms with Crippen molar-refractivity contribution in [2.24, 2.45) is 5.73 Å². The van der Waals surface area contributed by atoms with Crippen molar-refractivity contribution in [3.05, 3.63) is 138 Å². The van der Waals surface area contributed by atoms with Gasteiger partial charge in [-0.05, 0) is 108 Å². The minimum Gasteiger partial charge on any atom is -0.497 e. The Balaban J connectivity index is 0.000000148. The van der Waals surface area contributed by atoms with Crippen LogP contribution in [0.5, 0.6) is 17.2 Å². The maximum atomic E-state index is 6.44. The predicted octanol–water partition coefficient (Wildman–Crippen LogP) is 7.82. The van der Waals surface area contributed by atoms with Crippen LogP contribution in [0.4, 0.5) is 5.82 Å². The lowest BCUT2D eigenvalue weighted by Gasteiger charge is -2.32. The molecule has 1 atom stereocenters. The molecule has 0 bridgehead atoms. The second kappa shape index (κ2) is 15.1. The molecule has 8 heteroatoms. The highest BCUT2D eigenvalue weighted by molar-refractivity contribution is 5.91. The van der Waals surface area contributed by atoms with Crippen molar-refractivity contribution in [2.75, 3.05) is 27.1 Å². The molecular weight excluding hydrogens is 586 g/mol. The molecule has 0 fully saturated rings. The van der Waals surface area contributed by atoms with Gasteiger partial charge in [0, 0.05) is 42.1 Å². The van der Waals surface area contributed by atoms with Crippen molar-refractivity contribution in [3.8, 4) is 17.2 Å². The van der Waals surface area contributed by atoms with Crippen LogP contribution < -0.4 is 25.7 Å². The molecule has 0 aliphatic carbocycles. The van der Waals surface area contributed by atoms with Gasteiger partial charge in [-0.1, -0.05) is 35.4 Å². The largest absolute Gasteiger partial charge is 0.497 e. The van der Waals surface area contributed by atoms with Crippen molar-refractivity contribution in [2.45, 2.75) is 26.6 Å². The van der Waals surface area contributed by atoms with Crippen LogP contribution in [0, 0.1) is 13.8 Å². The van der Waals surface area contributed by atoms with Crippen LogP contribution in [-0.4, -0.2) is 36.2 Å². The molecule has 1 aliphatic rings. The molecule has 6 aromatic rings. The summed E-state index contributed by atoms with van der Waals surface area (Å²) in [7, 11) is 4.99. The van der Waals surface area contributed by atoms with Crippen LogP contribution in [0.25, 0.3) is 27.6 Å². The average molecular weight is 628 g/mol. The van der Waals surface area contributed by atoms with Gasteiger partial charge in [0.25, 0.3) is 0 Å². The molecule has 7 rings (SSSR count). The summed E-state index contributed by atoms with van der Waals surface area (Å²) in [5, 5.41) is 4.30. The number of hydrogen-bond donors (Lipinski definition) is 2. The van der Waals surface area contributed by atoms with Crippen molar-refractivity contribution in [3.63, 3.8) is 0 Å². The molecule has 1 unspecified atom stereocenters. The number of aromatic nitrogens is 2. The number of fused-ring (bicyclic) bond motifs is 3. The Kier molecular flexibility index (Phi) is 10.5.